The number of pyridine rings is 1. The van der Waals surface area contributed by atoms with Gasteiger partial charge in [0.2, 0.25) is 5.56 Å². The van der Waals surface area contributed by atoms with Gasteiger partial charge < -0.3 is 16.0 Å². The number of aryl methyl sites for hydroxylation is 1. The van der Waals surface area contributed by atoms with Crippen molar-refractivity contribution in [3.05, 3.63) is 99.1 Å². The molecule has 0 radical (unpaired) electrons. The van der Waals surface area contributed by atoms with Crippen molar-refractivity contribution in [2.24, 2.45) is 12.8 Å². The number of carbonyl (C=O) groups excluding carboxylic acids is 1. The molecule has 0 saturated heterocycles. The molecule has 2 heterocycles. The summed E-state index contributed by atoms with van der Waals surface area (Å²) in [5.74, 6) is -3.70. The van der Waals surface area contributed by atoms with Crippen molar-refractivity contribution in [1.29, 1.82) is 0 Å². The van der Waals surface area contributed by atoms with Gasteiger partial charge in [-0.3, -0.25) is 9.59 Å². The first kappa shape index (κ1) is 25.5. The van der Waals surface area contributed by atoms with Crippen LogP contribution in [0.3, 0.4) is 0 Å². The third-order valence-electron chi connectivity index (χ3n) is 5.61. The van der Waals surface area contributed by atoms with Crippen LogP contribution in [0.25, 0.3) is 22.5 Å². The second kappa shape index (κ2) is 9.45. The highest BCUT2D eigenvalue weighted by molar-refractivity contribution is 5.95. The molecule has 0 atom stereocenters. The van der Waals surface area contributed by atoms with Crippen LogP contribution in [-0.2, 0) is 19.6 Å². The first-order valence-electron chi connectivity index (χ1n) is 10.6. The molecule has 0 bridgehead atoms. The van der Waals surface area contributed by atoms with Crippen LogP contribution in [0, 0.1) is 11.6 Å². The number of alkyl halides is 3. The van der Waals surface area contributed by atoms with E-state index in [1.54, 1.807) is 0 Å². The normalized spacial score (nSPS) is 11.5. The lowest BCUT2D eigenvalue weighted by Gasteiger charge is -2.16. The van der Waals surface area contributed by atoms with Crippen molar-refractivity contribution in [2.45, 2.75) is 12.6 Å². The van der Waals surface area contributed by atoms with E-state index in [2.05, 4.69) is 9.97 Å². The second-order valence-electron chi connectivity index (χ2n) is 8.13. The Hall–Kier alpha value is -4.61. The Morgan fingerprint density at radius 3 is 2.16 bits per heavy atom. The van der Waals surface area contributed by atoms with E-state index in [0.29, 0.717) is 17.2 Å². The fourth-order valence-electron chi connectivity index (χ4n) is 3.77. The number of hydrogen-bond donors (Lipinski definition) is 2. The van der Waals surface area contributed by atoms with Crippen molar-refractivity contribution in [3.63, 3.8) is 0 Å². The number of hydrogen-bond acceptors (Lipinski definition) is 5. The fraction of sp³-hybridized carbons (Fsp3) is 0.120. The maximum Gasteiger partial charge on any atom is 0.417 e. The van der Waals surface area contributed by atoms with E-state index in [0.717, 1.165) is 6.07 Å². The highest BCUT2D eigenvalue weighted by Gasteiger charge is 2.37. The Labute approximate surface area is 206 Å². The minimum atomic E-state index is -5.00. The van der Waals surface area contributed by atoms with Crippen LogP contribution in [0.15, 0.2) is 59.5 Å². The summed E-state index contributed by atoms with van der Waals surface area (Å²) in [6.07, 6.45) is -3.95. The molecular formula is C25H18F5N5O2. The van der Waals surface area contributed by atoms with Crippen LogP contribution in [0.4, 0.5) is 27.8 Å². The van der Waals surface area contributed by atoms with Crippen molar-refractivity contribution in [1.82, 2.24) is 14.5 Å². The van der Waals surface area contributed by atoms with E-state index < -0.39 is 41.3 Å². The molecule has 0 aliphatic carbocycles. The molecule has 0 aliphatic heterocycles. The molecule has 7 nitrogen and oxygen atoms in total. The number of nitrogen functional groups attached to an aromatic ring is 1. The second-order valence-corrected chi connectivity index (χ2v) is 8.13. The number of nitrogens with two attached hydrogens (primary N) is 2. The van der Waals surface area contributed by atoms with Crippen molar-refractivity contribution in [2.75, 3.05) is 5.73 Å². The summed E-state index contributed by atoms with van der Waals surface area (Å²) in [6.45, 7) is 0. The molecular weight excluding hydrogens is 497 g/mol. The minimum absolute atomic E-state index is 0.0104. The Morgan fingerprint density at radius 1 is 0.946 bits per heavy atom. The first-order valence-corrected chi connectivity index (χ1v) is 10.6. The Morgan fingerprint density at radius 2 is 1.57 bits per heavy atom. The number of carbonyl (C=O) groups is 1. The van der Waals surface area contributed by atoms with Gasteiger partial charge in [0, 0.05) is 36.9 Å². The molecule has 4 aromatic rings. The van der Waals surface area contributed by atoms with Gasteiger partial charge in [0.05, 0.1) is 28.2 Å². The minimum Gasteiger partial charge on any atom is -0.382 e. The van der Waals surface area contributed by atoms with Gasteiger partial charge in [-0.15, -0.1) is 0 Å². The number of aromatic nitrogens is 3. The van der Waals surface area contributed by atoms with Crippen molar-refractivity contribution < 1.29 is 26.7 Å². The summed E-state index contributed by atoms with van der Waals surface area (Å²) >= 11 is 0. The average molecular weight is 515 g/mol. The van der Waals surface area contributed by atoms with E-state index in [4.69, 9.17) is 11.5 Å². The highest BCUT2D eigenvalue weighted by Crippen LogP contribution is 2.35. The molecule has 190 valence electrons. The lowest BCUT2D eigenvalue weighted by atomic mass is 9.98. The predicted octanol–water partition coefficient (Wildman–Crippen LogP) is 4.08. The summed E-state index contributed by atoms with van der Waals surface area (Å²) in [5.41, 5.74) is 8.99. The van der Waals surface area contributed by atoms with Crippen LogP contribution < -0.4 is 17.0 Å². The molecule has 0 saturated carbocycles. The monoisotopic (exact) mass is 515 g/mol. The van der Waals surface area contributed by atoms with Crippen LogP contribution >= 0.6 is 0 Å². The van der Waals surface area contributed by atoms with E-state index in [-0.39, 0.29) is 34.0 Å². The number of rotatable bonds is 5. The van der Waals surface area contributed by atoms with E-state index in [1.807, 2.05) is 0 Å². The number of primary amides is 1. The molecule has 2 aromatic heterocycles. The molecule has 0 unspecified atom stereocenters. The number of nitrogens with zero attached hydrogens (tertiary/aromatic N) is 3. The smallest absolute Gasteiger partial charge is 0.382 e. The maximum absolute atomic E-state index is 15.1. The Kier molecular flexibility index (Phi) is 6.51. The largest absolute Gasteiger partial charge is 0.417 e. The van der Waals surface area contributed by atoms with Gasteiger partial charge in [-0.05, 0) is 42.0 Å². The first-order chi connectivity index (χ1) is 17.4. The highest BCUT2D eigenvalue weighted by atomic mass is 19.4. The number of anilines is 1. The van der Waals surface area contributed by atoms with E-state index in [1.165, 1.54) is 54.2 Å². The molecule has 4 N–H and O–H groups in total. The van der Waals surface area contributed by atoms with Crippen LogP contribution in [-0.4, -0.2) is 20.4 Å². The lowest BCUT2D eigenvalue weighted by molar-refractivity contribution is -0.138. The van der Waals surface area contributed by atoms with Gasteiger partial charge in [-0.1, -0.05) is 6.07 Å². The zero-order valence-electron chi connectivity index (χ0n) is 19.1. The molecule has 0 spiro atoms. The van der Waals surface area contributed by atoms with Crippen molar-refractivity contribution in [3.8, 4) is 22.5 Å². The summed E-state index contributed by atoms with van der Waals surface area (Å²) in [5, 5.41) is 0. The standard InChI is InChI=1S/C25H18F5N5O2/c1-35-11-14(5-9-18(35)36)22-21(12-2-6-15(26)7-3-12)34-23(31)17(33-22)10-13-4-8-16(25(28,29)30)19(20(13)27)24(32)37/h2-9,11H,10H2,1H3,(H2,31,34)(H2,32,37). The zero-order valence-corrected chi connectivity index (χ0v) is 19.1. The van der Waals surface area contributed by atoms with Gasteiger partial charge in [0.15, 0.2) is 0 Å². The Bertz CT molecular complexity index is 1580. The molecule has 12 heteroatoms. The maximum atomic E-state index is 15.1. The molecule has 1 amide bonds. The molecule has 2 aromatic carbocycles. The molecule has 37 heavy (non-hydrogen) atoms. The van der Waals surface area contributed by atoms with Crippen LogP contribution in [0.2, 0.25) is 0 Å². The zero-order chi connectivity index (χ0) is 27.1. The molecule has 4 rings (SSSR count). The number of benzene rings is 2. The number of halogens is 5. The third kappa shape index (κ3) is 5.03. The van der Waals surface area contributed by atoms with Crippen LogP contribution in [0.5, 0.6) is 0 Å². The van der Waals surface area contributed by atoms with Gasteiger partial charge in [0.1, 0.15) is 17.5 Å². The molecule has 0 fully saturated rings. The fourth-order valence-corrected chi connectivity index (χ4v) is 3.77. The van der Waals surface area contributed by atoms with Crippen molar-refractivity contribution >= 4 is 11.7 Å². The van der Waals surface area contributed by atoms with Gasteiger partial charge in [-0.25, -0.2) is 18.7 Å². The molecule has 0 aliphatic rings. The quantitative estimate of drug-likeness (QED) is 0.389. The lowest BCUT2D eigenvalue weighted by Crippen LogP contribution is -2.22. The summed E-state index contributed by atoms with van der Waals surface area (Å²) in [4.78, 5) is 32.4. The average Bonchev–Trinajstić information content (AvgIpc) is 2.82. The van der Waals surface area contributed by atoms with Gasteiger partial charge in [0.25, 0.3) is 5.91 Å². The van der Waals surface area contributed by atoms with Gasteiger partial charge in [-0.2, -0.15) is 13.2 Å². The predicted molar refractivity (Wildman–Crippen MR) is 125 cm³/mol. The summed E-state index contributed by atoms with van der Waals surface area (Å²) < 4.78 is 69.7. The SMILES string of the molecule is Cn1cc(-c2nc(Cc3ccc(C(F)(F)F)c(C(N)=O)c3F)c(N)nc2-c2ccc(F)cc2)ccc1=O. The summed E-state index contributed by atoms with van der Waals surface area (Å²) in [6, 6.07) is 9.48. The van der Waals surface area contributed by atoms with E-state index >= 15 is 4.39 Å². The van der Waals surface area contributed by atoms with Gasteiger partial charge >= 0.3 is 6.18 Å². The Balaban J connectivity index is 1.90. The summed E-state index contributed by atoms with van der Waals surface area (Å²) in [7, 11) is 1.51. The van der Waals surface area contributed by atoms with Crippen LogP contribution in [0.1, 0.15) is 27.2 Å². The topological polar surface area (TPSA) is 117 Å². The third-order valence-corrected chi connectivity index (χ3v) is 5.61. The van der Waals surface area contributed by atoms with E-state index in [9.17, 15) is 27.2 Å². The number of amides is 1.